The molecule has 0 atom stereocenters. The smallest absolute Gasteiger partial charge is 0.182 e. The lowest BCUT2D eigenvalue weighted by Gasteiger charge is -2.39. The summed E-state index contributed by atoms with van der Waals surface area (Å²) in [6, 6.07) is 14.3. The number of ether oxygens (including phenoxy) is 1. The number of nitrogens with zero attached hydrogens (tertiary/aromatic N) is 3. The zero-order valence-corrected chi connectivity index (χ0v) is 23.4. The number of hydrogen-bond donors (Lipinski definition) is 3. The van der Waals surface area contributed by atoms with Crippen LogP contribution in [-0.2, 0) is 9.84 Å². The Hall–Kier alpha value is -2.78. The van der Waals surface area contributed by atoms with Crippen molar-refractivity contribution in [1.82, 2.24) is 15.1 Å². The Morgan fingerprint density at radius 2 is 1.81 bits per heavy atom. The van der Waals surface area contributed by atoms with E-state index in [0.29, 0.717) is 28.6 Å². The summed E-state index contributed by atoms with van der Waals surface area (Å²) in [6.07, 6.45) is 3.10. The van der Waals surface area contributed by atoms with E-state index in [1.165, 1.54) is 6.20 Å². The molecule has 1 radical (unpaired) electrons. The third-order valence-corrected chi connectivity index (χ3v) is 12.0. The molecule has 1 aliphatic rings. The topological polar surface area (TPSA) is 117 Å². The van der Waals surface area contributed by atoms with Crippen LogP contribution in [0.4, 0.5) is 22.9 Å². The number of rotatable bonds is 9. The van der Waals surface area contributed by atoms with Gasteiger partial charge in [-0.1, -0.05) is 25.1 Å². The highest BCUT2D eigenvalue weighted by molar-refractivity contribution is 7.92. The number of benzene rings is 2. The zero-order valence-electron chi connectivity index (χ0n) is 21.7. The van der Waals surface area contributed by atoms with E-state index in [2.05, 4.69) is 32.7 Å². The predicted octanol–water partition coefficient (Wildman–Crippen LogP) is 4.04. The lowest BCUT2D eigenvalue weighted by molar-refractivity contribution is 0.308. The Morgan fingerprint density at radius 3 is 2.49 bits per heavy atom. The van der Waals surface area contributed by atoms with Gasteiger partial charge in [0.2, 0.25) is 0 Å². The largest absolute Gasteiger partial charge is 0.495 e. The van der Waals surface area contributed by atoms with Crippen molar-refractivity contribution < 1.29 is 18.0 Å². The van der Waals surface area contributed by atoms with E-state index >= 15 is 0 Å². The first-order valence-corrected chi connectivity index (χ1v) is 16.0. The molecule has 199 valence electrons. The van der Waals surface area contributed by atoms with E-state index < -0.39 is 22.6 Å². The molecule has 0 unspecified atom stereocenters. The van der Waals surface area contributed by atoms with Crippen molar-refractivity contribution in [2.75, 3.05) is 49.7 Å². The van der Waals surface area contributed by atoms with E-state index in [9.17, 15) is 13.3 Å². The van der Waals surface area contributed by atoms with E-state index in [1.807, 2.05) is 18.2 Å². The van der Waals surface area contributed by atoms with Crippen molar-refractivity contribution in [3.8, 4) is 5.75 Å². The number of nitrogens with one attached hydrogen (secondary N) is 2. The minimum atomic E-state index is -3.47. The summed E-state index contributed by atoms with van der Waals surface area (Å²) in [5.74, 6) is 1.07. The van der Waals surface area contributed by atoms with E-state index in [4.69, 9.17) is 4.74 Å². The monoisotopic (exact) mass is 544 g/mol. The molecule has 1 aromatic heterocycles. The van der Waals surface area contributed by atoms with Crippen molar-refractivity contribution in [2.24, 2.45) is 0 Å². The summed E-state index contributed by atoms with van der Waals surface area (Å²) in [6.45, 7) is 8.28. The molecule has 0 aliphatic carbocycles. The lowest BCUT2D eigenvalue weighted by Crippen LogP contribution is -2.39. The van der Waals surface area contributed by atoms with Crippen LogP contribution in [0.3, 0.4) is 0 Å². The van der Waals surface area contributed by atoms with Crippen LogP contribution in [0.2, 0.25) is 0 Å². The summed E-state index contributed by atoms with van der Waals surface area (Å²) in [7, 11) is -4.09. The molecule has 0 bridgehead atoms. The first-order valence-electron chi connectivity index (χ1n) is 12.4. The van der Waals surface area contributed by atoms with E-state index in [0.717, 1.165) is 37.3 Å². The summed E-state index contributed by atoms with van der Waals surface area (Å²) >= 11 is 0. The van der Waals surface area contributed by atoms with Gasteiger partial charge in [0.15, 0.2) is 15.7 Å². The van der Waals surface area contributed by atoms with Crippen molar-refractivity contribution in [3.63, 3.8) is 0 Å². The highest BCUT2D eigenvalue weighted by Crippen LogP contribution is 2.55. The summed E-state index contributed by atoms with van der Waals surface area (Å²) in [5, 5.41) is 15.0. The van der Waals surface area contributed by atoms with Crippen molar-refractivity contribution in [3.05, 3.63) is 54.7 Å². The minimum Gasteiger partial charge on any atom is -0.495 e. The highest BCUT2D eigenvalue weighted by atomic mass is 32.2. The van der Waals surface area contributed by atoms with Crippen LogP contribution in [0.1, 0.15) is 20.8 Å². The Kier molecular flexibility index (Phi) is 8.33. The van der Waals surface area contributed by atoms with Gasteiger partial charge in [-0.05, 0) is 44.7 Å². The standard InChI is InChI=1S/C26H35N5O4PS/c1-5-31-12-14-36(32,15-13-31)21-10-11-22(24(17-21)35-4)29-26-16-20(18-27-30-26)28-23-8-6-7-9-25(23)37(33,34)19(2)3/h6-11,16-19,32H,5,12-15H2,1-4H3,(H2,28,29,30). The molecular weight excluding hydrogens is 509 g/mol. The maximum absolute atomic E-state index is 12.8. The molecule has 1 aliphatic heterocycles. The second-order valence-electron chi connectivity index (χ2n) is 9.36. The second kappa shape index (κ2) is 11.3. The Balaban J connectivity index is 1.55. The lowest BCUT2D eigenvalue weighted by atomic mass is 10.3. The maximum atomic E-state index is 12.8. The van der Waals surface area contributed by atoms with E-state index in [-0.39, 0.29) is 4.90 Å². The first-order chi connectivity index (χ1) is 17.7. The number of aromatic nitrogens is 2. The normalized spacial score (nSPS) is 15.9. The maximum Gasteiger partial charge on any atom is 0.182 e. The van der Waals surface area contributed by atoms with Gasteiger partial charge in [0.25, 0.3) is 0 Å². The van der Waals surface area contributed by atoms with Gasteiger partial charge in [0, 0.05) is 44.3 Å². The van der Waals surface area contributed by atoms with E-state index in [1.54, 1.807) is 51.3 Å². The van der Waals surface area contributed by atoms with Gasteiger partial charge in [-0.2, -0.15) is 5.10 Å². The quantitative estimate of drug-likeness (QED) is 0.343. The van der Waals surface area contributed by atoms with Crippen molar-refractivity contribution in [1.29, 1.82) is 0 Å². The minimum absolute atomic E-state index is 0.236. The molecule has 37 heavy (non-hydrogen) atoms. The first kappa shape index (κ1) is 27.3. The fraction of sp³-hybridized carbons (Fsp3) is 0.385. The Labute approximate surface area is 219 Å². The molecular formula is C26H35N5O4PS. The van der Waals surface area contributed by atoms with Crippen LogP contribution in [0.15, 0.2) is 59.6 Å². The third-order valence-electron chi connectivity index (χ3n) is 6.70. The molecule has 3 aromatic rings. The van der Waals surface area contributed by atoms with Gasteiger partial charge < -0.3 is 25.2 Å². The van der Waals surface area contributed by atoms with Gasteiger partial charge in [0.05, 0.1) is 40.5 Å². The third kappa shape index (κ3) is 6.04. The number of hydrogen-bond acceptors (Lipinski definition) is 9. The van der Waals surface area contributed by atoms with Gasteiger partial charge in [-0.3, -0.25) is 0 Å². The van der Waals surface area contributed by atoms with Crippen LogP contribution < -0.4 is 20.7 Å². The van der Waals surface area contributed by atoms with Crippen LogP contribution in [0.25, 0.3) is 0 Å². The molecule has 9 nitrogen and oxygen atoms in total. The SMILES string of the molecule is CCN1CC[P](O)(c2ccc(Nc3cc(Nc4ccccc4S(=O)(=O)C(C)C)cnn3)c(OC)c2)CC1. The van der Waals surface area contributed by atoms with Crippen LogP contribution in [0, 0.1) is 0 Å². The zero-order chi connectivity index (χ0) is 26.6. The molecule has 1 saturated heterocycles. The molecule has 0 saturated carbocycles. The Bertz CT molecular complexity index is 1340. The highest BCUT2D eigenvalue weighted by Gasteiger charge is 2.32. The molecule has 1 fully saturated rings. The number of anilines is 4. The van der Waals surface area contributed by atoms with Crippen molar-refractivity contribution >= 4 is 45.5 Å². The molecule has 4 rings (SSSR count). The molecule has 0 amide bonds. The van der Waals surface area contributed by atoms with Crippen LogP contribution in [0.5, 0.6) is 5.75 Å². The summed E-state index contributed by atoms with van der Waals surface area (Å²) in [4.78, 5) is 14.0. The van der Waals surface area contributed by atoms with Gasteiger partial charge in [-0.15, -0.1) is 5.10 Å². The number of sulfone groups is 1. The molecule has 2 aromatic carbocycles. The van der Waals surface area contributed by atoms with Gasteiger partial charge in [0.1, 0.15) is 5.75 Å². The Morgan fingerprint density at radius 1 is 1.08 bits per heavy atom. The van der Waals surface area contributed by atoms with Crippen LogP contribution in [-0.4, -0.2) is 72.7 Å². The number of para-hydroxylation sites is 1. The van der Waals surface area contributed by atoms with Crippen molar-refractivity contribution in [2.45, 2.75) is 30.9 Å². The molecule has 11 heteroatoms. The molecule has 3 N–H and O–H groups in total. The average molecular weight is 545 g/mol. The van der Waals surface area contributed by atoms with Crippen LogP contribution >= 0.6 is 7.49 Å². The fourth-order valence-corrected chi connectivity index (χ4v) is 8.19. The molecule has 0 spiro atoms. The van der Waals surface area contributed by atoms with Gasteiger partial charge in [-0.25, -0.2) is 8.42 Å². The fourth-order valence-electron chi connectivity index (χ4n) is 4.32. The predicted molar refractivity (Wildman–Crippen MR) is 151 cm³/mol. The average Bonchev–Trinajstić information content (AvgIpc) is 2.89. The van der Waals surface area contributed by atoms with Gasteiger partial charge >= 0.3 is 0 Å². The summed E-state index contributed by atoms with van der Waals surface area (Å²) in [5.41, 5.74) is 1.75. The number of methoxy groups -OCH3 is 1. The second-order valence-corrected chi connectivity index (χ2v) is 15.1. The summed E-state index contributed by atoms with van der Waals surface area (Å²) < 4.78 is 31.3. The molecule has 2 heterocycles.